The first kappa shape index (κ1) is 17.8. The summed E-state index contributed by atoms with van der Waals surface area (Å²) in [6.07, 6.45) is 21.5. The Hall–Kier alpha value is -1.58. The number of nitrogens with zero attached hydrogens (tertiary/aromatic N) is 3. The molecule has 2 aromatic rings. The Morgan fingerprint density at radius 1 is 0.957 bits per heavy atom. The summed E-state index contributed by atoms with van der Waals surface area (Å²) in [4.78, 5) is 3.23. The van der Waals surface area contributed by atoms with E-state index in [1.165, 1.54) is 63.7 Å². The number of aromatic amines is 1. The molecule has 128 valence electrons. The third-order valence-electron chi connectivity index (χ3n) is 4.52. The molecule has 0 aromatic carbocycles. The molecule has 0 aliphatic rings. The fraction of sp³-hybridized carbons (Fsp3) is 0.684. The van der Waals surface area contributed by atoms with Crippen molar-refractivity contribution >= 4 is 0 Å². The van der Waals surface area contributed by atoms with Gasteiger partial charge in [0.2, 0.25) is 6.33 Å². The number of H-pyrrole nitrogens is 1. The molecule has 0 spiro atoms. The topological polar surface area (TPSA) is 28.5 Å². The van der Waals surface area contributed by atoms with E-state index in [4.69, 9.17) is 0 Å². The zero-order valence-electron chi connectivity index (χ0n) is 15.0. The van der Waals surface area contributed by atoms with Crippen LogP contribution in [0, 0.1) is 6.92 Å². The second kappa shape index (κ2) is 10.2. The second-order valence-corrected chi connectivity index (χ2v) is 6.60. The maximum Gasteiger partial charge on any atom is 0.251 e. The third-order valence-corrected chi connectivity index (χ3v) is 4.52. The highest BCUT2D eigenvalue weighted by Crippen LogP contribution is 2.08. The van der Waals surface area contributed by atoms with E-state index in [2.05, 4.69) is 57.5 Å². The molecule has 1 N–H and O–H groups in total. The number of unbranched alkanes of at least 4 members (excludes halogenated alkanes) is 6. The van der Waals surface area contributed by atoms with Crippen LogP contribution in [-0.4, -0.2) is 9.55 Å². The van der Waals surface area contributed by atoms with E-state index in [1.807, 2.05) is 6.20 Å². The summed E-state index contributed by atoms with van der Waals surface area (Å²) in [5.74, 6) is 1.26. The van der Waals surface area contributed by atoms with Crippen molar-refractivity contribution < 1.29 is 9.13 Å². The summed E-state index contributed by atoms with van der Waals surface area (Å²) >= 11 is 0. The Bertz CT molecular complexity index is 541. The third kappa shape index (κ3) is 6.59. The van der Waals surface area contributed by atoms with Crippen molar-refractivity contribution in [1.82, 2.24) is 9.55 Å². The van der Waals surface area contributed by atoms with Crippen LogP contribution in [0.25, 0.3) is 0 Å². The van der Waals surface area contributed by atoms with Crippen LogP contribution < -0.4 is 9.13 Å². The molecule has 0 aliphatic carbocycles. The number of nitrogens with one attached hydrogen (secondary N) is 1. The molecule has 0 unspecified atom stereocenters. The first-order valence-electron chi connectivity index (χ1n) is 9.38. The van der Waals surface area contributed by atoms with Gasteiger partial charge in [-0.1, -0.05) is 26.2 Å². The minimum atomic E-state index is 1.13. The van der Waals surface area contributed by atoms with Crippen LogP contribution in [-0.2, 0) is 19.6 Å². The van der Waals surface area contributed by atoms with Gasteiger partial charge in [0.05, 0.1) is 19.6 Å². The molecule has 0 aliphatic heterocycles. The number of rotatable bonds is 12. The lowest BCUT2D eigenvalue weighted by atomic mass is 10.1. The van der Waals surface area contributed by atoms with Crippen LogP contribution in [0.15, 0.2) is 31.1 Å². The summed E-state index contributed by atoms with van der Waals surface area (Å²) in [5, 5.41) is 0. The fourth-order valence-corrected chi connectivity index (χ4v) is 3.11. The Morgan fingerprint density at radius 2 is 1.70 bits per heavy atom. The van der Waals surface area contributed by atoms with E-state index in [9.17, 15) is 0 Å². The van der Waals surface area contributed by atoms with Gasteiger partial charge in [-0.25, -0.2) is 18.7 Å². The lowest BCUT2D eigenvalue weighted by molar-refractivity contribution is -0.702. The molecule has 23 heavy (non-hydrogen) atoms. The summed E-state index contributed by atoms with van der Waals surface area (Å²) in [5.41, 5.74) is 0. The van der Waals surface area contributed by atoms with Crippen LogP contribution in [0.3, 0.4) is 0 Å². The van der Waals surface area contributed by atoms with Gasteiger partial charge in [-0.15, -0.1) is 0 Å². The van der Waals surface area contributed by atoms with Crippen molar-refractivity contribution in [2.24, 2.45) is 0 Å². The largest absolute Gasteiger partial charge is 0.251 e. The molecule has 0 atom stereocenters. The molecule has 2 heterocycles. The molecule has 0 saturated carbocycles. The summed E-state index contributed by atoms with van der Waals surface area (Å²) in [6.45, 7) is 7.81. The maximum absolute atomic E-state index is 3.23. The normalized spacial score (nSPS) is 11.2. The van der Waals surface area contributed by atoms with Crippen molar-refractivity contribution in [3.05, 3.63) is 36.9 Å². The number of hydrogen-bond donors (Lipinski definition) is 1. The SMILES string of the molecule is CCC[n+]1ccn(CCCCCCCCC[n+]2cc[nH]c2C)c1. The van der Waals surface area contributed by atoms with Gasteiger partial charge in [-0.2, -0.15) is 0 Å². The zero-order valence-corrected chi connectivity index (χ0v) is 15.0. The highest BCUT2D eigenvalue weighted by Gasteiger charge is 2.04. The van der Waals surface area contributed by atoms with Gasteiger partial charge >= 0.3 is 0 Å². The molecule has 0 saturated heterocycles. The van der Waals surface area contributed by atoms with E-state index < -0.39 is 0 Å². The van der Waals surface area contributed by atoms with E-state index in [-0.39, 0.29) is 0 Å². The Kier molecular flexibility index (Phi) is 7.91. The number of hydrogen-bond acceptors (Lipinski definition) is 0. The predicted molar refractivity (Wildman–Crippen MR) is 93.0 cm³/mol. The van der Waals surface area contributed by atoms with Gasteiger partial charge in [0.25, 0.3) is 5.82 Å². The van der Waals surface area contributed by atoms with Crippen molar-refractivity contribution in [2.75, 3.05) is 0 Å². The first-order valence-corrected chi connectivity index (χ1v) is 9.38. The smallest absolute Gasteiger partial charge is 0.248 e. The lowest BCUT2D eigenvalue weighted by Crippen LogP contribution is -2.34. The molecule has 4 heteroatoms. The summed E-state index contributed by atoms with van der Waals surface area (Å²) < 4.78 is 6.91. The fourth-order valence-electron chi connectivity index (χ4n) is 3.11. The maximum atomic E-state index is 3.23. The minimum absolute atomic E-state index is 1.13. The van der Waals surface area contributed by atoms with Gasteiger partial charge in [0.15, 0.2) is 0 Å². The molecule has 0 fully saturated rings. The molecular formula is C19H34N4+2. The van der Waals surface area contributed by atoms with E-state index in [0.717, 1.165) is 13.1 Å². The quantitative estimate of drug-likeness (QED) is 0.458. The molecule has 0 radical (unpaired) electrons. The van der Waals surface area contributed by atoms with Crippen LogP contribution in [0.5, 0.6) is 0 Å². The Labute approximate surface area is 141 Å². The molecule has 0 amide bonds. The van der Waals surface area contributed by atoms with Gasteiger partial charge in [-0.3, -0.25) is 0 Å². The number of aryl methyl sites for hydroxylation is 4. The highest BCUT2D eigenvalue weighted by molar-refractivity contribution is 4.70. The van der Waals surface area contributed by atoms with E-state index in [0.29, 0.717) is 0 Å². The van der Waals surface area contributed by atoms with Gasteiger partial charge in [0, 0.05) is 6.92 Å². The highest BCUT2D eigenvalue weighted by atomic mass is 15.1. The summed E-state index contributed by atoms with van der Waals surface area (Å²) in [7, 11) is 0. The van der Waals surface area contributed by atoms with E-state index in [1.54, 1.807) is 0 Å². The van der Waals surface area contributed by atoms with Gasteiger partial charge in [0.1, 0.15) is 24.8 Å². The lowest BCUT2D eigenvalue weighted by Gasteiger charge is -2.01. The van der Waals surface area contributed by atoms with Gasteiger partial charge < -0.3 is 0 Å². The van der Waals surface area contributed by atoms with E-state index >= 15 is 0 Å². The molecular weight excluding hydrogens is 284 g/mol. The first-order chi connectivity index (χ1) is 11.3. The number of imidazole rings is 2. The van der Waals surface area contributed by atoms with Crippen LogP contribution in [0.4, 0.5) is 0 Å². The predicted octanol–water partition coefficient (Wildman–Crippen LogP) is 3.54. The van der Waals surface area contributed by atoms with Crippen molar-refractivity contribution in [3.63, 3.8) is 0 Å². The van der Waals surface area contributed by atoms with Crippen molar-refractivity contribution in [2.45, 2.75) is 84.8 Å². The molecule has 2 aromatic heterocycles. The van der Waals surface area contributed by atoms with Gasteiger partial charge in [-0.05, 0) is 32.1 Å². The average Bonchev–Trinajstić information content (AvgIpc) is 3.15. The van der Waals surface area contributed by atoms with Crippen LogP contribution in [0.2, 0.25) is 0 Å². The molecule has 4 nitrogen and oxygen atoms in total. The standard InChI is InChI=1S/C19H33N4/c1-3-12-21-16-17-22(18-21)13-9-7-5-4-6-8-10-14-23-15-11-20-19(23)2/h11,15-18H,3-10,12-14H2,1-2H3/q+1/p+1. The average molecular weight is 319 g/mol. The minimum Gasteiger partial charge on any atom is -0.248 e. The number of aromatic nitrogens is 4. The molecule has 0 bridgehead atoms. The monoisotopic (exact) mass is 318 g/mol. The second-order valence-electron chi connectivity index (χ2n) is 6.60. The van der Waals surface area contributed by atoms with Crippen LogP contribution >= 0.6 is 0 Å². The van der Waals surface area contributed by atoms with Crippen LogP contribution in [0.1, 0.15) is 64.1 Å². The Balaban J connectivity index is 1.42. The summed E-state index contributed by atoms with van der Waals surface area (Å²) in [6, 6.07) is 0. The Morgan fingerprint density at radius 3 is 2.39 bits per heavy atom. The van der Waals surface area contributed by atoms with Crippen molar-refractivity contribution in [1.29, 1.82) is 0 Å². The molecule has 2 rings (SSSR count). The van der Waals surface area contributed by atoms with Crippen molar-refractivity contribution in [3.8, 4) is 0 Å². The zero-order chi connectivity index (χ0) is 16.3.